The number of fused-ring (bicyclic) bond motifs is 1. The monoisotopic (exact) mass is 577 g/mol. The zero-order valence-electron chi connectivity index (χ0n) is 23.6. The summed E-state index contributed by atoms with van der Waals surface area (Å²) in [6.45, 7) is 3.72. The van der Waals surface area contributed by atoms with Crippen molar-refractivity contribution >= 4 is 29.4 Å². The molecule has 216 valence electrons. The normalized spacial score (nSPS) is 19.9. The molecule has 41 heavy (non-hydrogen) atoms. The molecule has 2 aliphatic rings. The lowest BCUT2D eigenvalue weighted by Crippen LogP contribution is -2.46. The summed E-state index contributed by atoms with van der Waals surface area (Å²) in [4.78, 5) is 37.2. The minimum Gasteiger partial charge on any atom is -0.394 e. The maximum Gasteiger partial charge on any atom is 0.255 e. The highest BCUT2D eigenvalue weighted by Gasteiger charge is 2.35. The number of halogens is 1. The summed E-state index contributed by atoms with van der Waals surface area (Å²) in [5.74, 6) is -0.0730. The first kappa shape index (κ1) is 29.0. The Balaban J connectivity index is 1.29. The van der Waals surface area contributed by atoms with Gasteiger partial charge >= 0.3 is 0 Å². The number of aryl methyl sites for hydroxylation is 1. The average Bonchev–Trinajstić information content (AvgIpc) is 3.32. The van der Waals surface area contributed by atoms with Gasteiger partial charge in [0.1, 0.15) is 6.04 Å². The van der Waals surface area contributed by atoms with Crippen molar-refractivity contribution in [2.45, 2.75) is 70.3 Å². The van der Waals surface area contributed by atoms with E-state index in [-0.39, 0.29) is 24.5 Å². The third-order valence-corrected chi connectivity index (χ3v) is 8.37. The van der Waals surface area contributed by atoms with E-state index in [2.05, 4.69) is 20.6 Å². The van der Waals surface area contributed by atoms with E-state index in [0.717, 1.165) is 42.4 Å². The Hall–Kier alpha value is -3.53. The van der Waals surface area contributed by atoms with E-state index in [9.17, 15) is 14.7 Å². The van der Waals surface area contributed by atoms with Crippen molar-refractivity contribution in [1.82, 2.24) is 20.2 Å². The van der Waals surface area contributed by atoms with Gasteiger partial charge < -0.3 is 25.4 Å². The molecule has 1 aromatic heterocycles. The van der Waals surface area contributed by atoms with Gasteiger partial charge in [-0.05, 0) is 56.7 Å². The van der Waals surface area contributed by atoms with Crippen LogP contribution in [0.15, 0.2) is 48.7 Å². The van der Waals surface area contributed by atoms with Crippen molar-refractivity contribution in [2.75, 3.05) is 19.0 Å². The van der Waals surface area contributed by atoms with E-state index in [1.165, 1.54) is 0 Å². The second-order valence-corrected chi connectivity index (χ2v) is 11.3. The Kier molecular flexibility index (Phi) is 8.87. The maximum atomic E-state index is 13.5. The van der Waals surface area contributed by atoms with E-state index in [0.29, 0.717) is 40.4 Å². The SMILES string of the molecule is CO[C@H]1CC[C@H](Nc2ncc(Cl)c(-c3ccc4c(c3)C(=O)N([C@H](C)C(=O)N[C@H](CO)c3cccc(C)c3)C4)n2)CC1. The van der Waals surface area contributed by atoms with Crippen LogP contribution in [0.25, 0.3) is 11.3 Å². The summed E-state index contributed by atoms with van der Waals surface area (Å²) in [7, 11) is 1.75. The molecule has 2 amide bonds. The van der Waals surface area contributed by atoms with Crippen molar-refractivity contribution in [2.24, 2.45) is 0 Å². The Labute approximate surface area is 245 Å². The van der Waals surface area contributed by atoms with E-state index in [4.69, 9.17) is 16.3 Å². The van der Waals surface area contributed by atoms with Crippen LogP contribution < -0.4 is 10.6 Å². The number of aromatic nitrogens is 2. The fourth-order valence-electron chi connectivity index (χ4n) is 5.60. The number of hydrogen-bond donors (Lipinski definition) is 3. The van der Waals surface area contributed by atoms with Crippen molar-refractivity contribution in [3.05, 3.63) is 75.9 Å². The topological polar surface area (TPSA) is 117 Å². The summed E-state index contributed by atoms with van der Waals surface area (Å²) in [6, 6.07) is 12.2. The highest BCUT2D eigenvalue weighted by atomic mass is 35.5. The molecule has 1 fully saturated rings. The van der Waals surface area contributed by atoms with Crippen LogP contribution in [-0.4, -0.2) is 63.7 Å². The number of rotatable bonds is 9. The largest absolute Gasteiger partial charge is 0.394 e. The summed E-state index contributed by atoms with van der Waals surface area (Å²) in [5.41, 5.74) is 4.43. The number of hydrogen-bond acceptors (Lipinski definition) is 7. The number of carbonyl (C=O) groups excluding carboxylic acids is 2. The fraction of sp³-hybridized carbons (Fsp3) is 0.419. The van der Waals surface area contributed by atoms with E-state index < -0.39 is 12.1 Å². The van der Waals surface area contributed by atoms with Gasteiger partial charge in [0.15, 0.2) is 0 Å². The molecule has 1 saturated carbocycles. The second-order valence-electron chi connectivity index (χ2n) is 10.9. The van der Waals surface area contributed by atoms with Gasteiger partial charge in [-0.2, -0.15) is 0 Å². The molecule has 1 aliphatic heterocycles. The summed E-state index contributed by atoms with van der Waals surface area (Å²) < 4.78 is 5.47. The molecule has 0 saturated heterocycles. The van der Waals surface area contributed by atoms with Crippen LogP contribution in [0.4, 0.5) is 5.95 Å². The molecule has 5 rings (SSSR count). The molecule has 2 atom stereocenters. The van der Waals surface area contributed by atoms with Crippen LogP contribution >= 0.6 is 11.6 Å². The lowest BCUT2D eigenvalue weighted by atomic mass is 9.93. The van der Waals surface area contributed by atoms with Gasteiger partial charge in [-0.15, -0.1) is 0 Å². The van der Waals surface area contributed by atoms with E-state index in [1.807, 2.05) is 43.3 Å². The Morgan fingerprint density at radius 1 is 1.20 bits per heavy atom. The van der Waals surface area contributed by atoms with Gasteiger partial charge in [0.2, 0.25) is 11.9 Å². The summed E-state index contributed by atoms with van der Waals surface area (Å²) >= 11 is 6.50. The molecule has 0 radical (unpaired) electrons. The lowest BCUT2D eigenvalue weighted by molar-refractivity contribution is -0.126. The molecule has 0 bridgehead atoms. The Morgan fingerprint density at radius 2 is 1.98 bits per heavy atom. The van der Waals surface area contributed by atoms with Crippen molar-refractivity contribution in [3.8, 4) is 11.3 Å². The highest BCUT2D eigenvalue weighted by Crippen LogP contribution is 2.33. The molecule has 3 aromatic rings. The summed E-state index contributed by atoms with van der Waals surface area (Å²) in [5, 5.41) is 16.6. The van der Waals surface area contributed by atoms with Crippen LogP contribution in [-0.2, 0) is 16.1 Å². The first-order chi connectivity index (χ1) is 19.8. The number of anilines is 1. The minimum atomic E-state index is -0.733. The van der Waals surface area contributed by atoms with Crippen LogP contribution in [0.3, 0.4) is 0 Å². The molecule has 2 heterocycles. The number of aliphatic hydroxyl groups excluding tert-OH is 1. The number of ether oxygens (including phenoxy) is 1. The number of benzene rings is 2. The van der Waals surface area contributed by atoms with E-state index in [1.54, 1.807) is 31.2 Å². The average molecular weight is 578 g/mol. The second kappa shape index (κ2) is 12.5. The van der Waals surface area contributed by atoms with Gasteiger partial charge in [0.05, 0.1) is 35.7 Å². The predicted molar refractivity (Wildman–Crippen MR) is 158 cm³/mol. The van der Waals surface area contributed by atoms with Crippen LogP contribution in [0.2, 0.25) is 5.02 Å². The summed E-state index contributed by atoms with van der Waals surface area (Å²) in [6.07, 6.45) is 5.79. The number of nitrogens with zero attached hydrogens (tertiary/aromatic N) is 3. The molecule has 2 aromatic carbocycles. The Morgan fingerprint density at radius 3 is 2.68 bits per heavy atom. The third-order valence-electron chi connectivity index (χ3n) is 8.09. The van der Waals surface area contributed by atoms with Gasteiger partial charge in [-0.25, -0.2) is 9.97 Å². The van der Waals surface area contributed by atoms with Gasteiger partial charge in [0, 0.05) is 30.8 Å². The standard InChI is InChI=1S/C31H36ClN5O4/c1-18-5-4-6-20(13-18)27(17-38)35-29(39)19(2)37-16-22-8-7-21(14-25(22)30(37)40)28-26(32)15-33-31(36-28)34-23-9-11-24(41-3)12-10-23/h4-8,13-15,19,23-24,27,38H,9-12,16-17H2,1-3H3,(H,35,39)(H,33,34,36)/t19-,23-,24-,27-/m1/s1. The van der Waals surface area contributed by atoms with Crippen molar-refractivity contribution in [1.29, 1.82) is 0 Å². The number of methoxy groups -OCH3 is 1. The molecule has 0 spiro atoms. The van der Waals surface area contributed by atoms with Gasteiger partial charge in [-0.3, -0.25) is 9.59 Å². The fourth-order valence-corrected chi connectivity index (χ4v) is 5.80. The molecular formula is C31H36ClN5O4. The number of aliphatic hydroxyl groups is 1. The third kappa shape index (κ3) is 6.37. The van der Waals surface area contributed by atoms with Crippen molar-refractivity contribution in [3.63, 3.8) is 0 Å². The number of carbonyl (C=O) groups is 2. The molecular weight excluding hydrogens is 542 g/mol. The van der Waals surface area contributed by atoms with E-state index >= 15 is 0 Å². The predicted octanol–water partition coefficient (Wildman–Crippen LogP) is 4.67. The van der Waals surface area contributed by atoms with Crippen LogP contribution in [0, 0.1) is 6.92 Å². The maximum absolute atomic E-state index is 13.5. The number of nitrogens with one attached hydrogen (secondary N) is 2. The van der Waals surface area contributed by atoms with Gasteiger partial charge in [0.25, 0.3) is 5.91 Å². The molecule has 10 heteroatoms. The van der Waals surface area contributed by atoms with Crippen LogP contribution in [0.5, 0.6) is 0 Å². The Bertz CT molecular complexity index is 1430. The number of amides is 2. The molecule has 1 aliphatic carbocycles. The minimum absolute atomic E-state index is 0.237. The smallest absolute Gasteiger partial charge is 0.255 e. The molecule has 0 unspecified atom stereocenters. The first-order valence-corrected chi connectivity index (χ1v) is 14.4. The zero-order chi connectivity index (χ0) is 29.1. The first-order valence-electron chi connectivity index (χ1n) is 14.0. The van der Waals surface area contributed by atoms with Gasteiger partial charge in [-0.1, -0.05) is 53.6 Å². The lowest BCUT2D eigenvalue weighted by Gasteiger charge is -2.28. The van der Waals surface area contributed by atoms with Crippen molar-refractivity contribution < 1.29 is 19.4 Å². The zero-order valence-corrected chi connectivity index (χ0v) is 24.3. The molecule has 9 nitrogen and oxygen atoms in total. The highest BCUT2D eigenvalue weighted by molar-refractivity contribution is 6.33. The quantitative estimate of drug-likeness (QED) is 0.338. The van der Waals surface area contributed by atoms with Crippen LogP contribution in [0.1, 0.15) is 65.7 Å². The molecule has 3 N–H and O–H groups in total.